The number of hydrogen-bond donors (Lipinski definition) is 0. The highest BCUT2D eigenvalue weighted by molar-refractivity contribution is 5.97. The molecular weight excluding hydrogens is 272 g/mol. The summed E-state index contributed by atoms with van der Waals surface area (Å²) in [6, 6.07) is 0. The van der Waals surface area contributed by atoms with Crippen LogP contribution in [0, 0.1) is 40.4 Å². The van der Waals surface area contributed by atoms with E-state index in [2.05, 4.69) is 26.0 Å². The minimum Gasteiger partial charge on any atom is -0.299 e. The maximum Gasteiger partial charge on any atom is 0.159 e. The standard InChI is InChI=1S/C20H24O2/c1-19-8-7-15-12(14(19)5-6-18(19)22)4-3-11-9-17(21)13-10-16(13)20(11,15)2/h3-4,9,12-16H,5-8,10H2,1-2H3/t12-,13-,14-,15-,16?,19-,20-/m0/s1. The molecule has 0 aromatic heterocycles. The zero-order valence-corrected chi connectivity index (χ0v) is 13.5. The highest BCUT2D eigenvalue weighted by Gasteiger charge is 2.65. The number of rotatable bonds is 0. The van der Waals surface area contributed by atoms with Crippen LogP contribution in [0.25, 0.3) is 0 Å². The van der Waals surface area contributed by atoms with Gasteiger partial charge in [0.2, 0.25) is 0 Å². The molecule has 7 atom stereocenters. The molecule has 0 spiro atoms. The molecule has 3 saturated carbocycles. The van der Waals surface area contributed by atoms with Gasteiger partial charge in [-0.3, -0.25) is 9.59 Å². The van der Waals surface area contributed by atoms with E-state index in [4.69, 9.17) is 0 Å². The van der Waals surface area contributed by atoms with E-state index >= 15 is 0 Å². The van der Waals surface area contributed by atoms with Crippen molar-refractivity contribution in [3.8, 4) is 0 Å². The van der Waals surface area contributed by atoms with Crippen molar-refractivity contribution in [1.82, 2.24) is 0 Å². The Bertz CT molecular complexity index is 657. The van der Waals surface area contributed by atoms with Crippen molar-refractivity contribution in [2.24, 2.45) is 40.4 Å². The van der Waals surface area contributed by atoms with Crippen LogP contribution in [0.3, 0.4) is 0 Å². The van der Waals surface area contributed by atoms with Gasteiger partial charge in [-0.05, 0) is 66.4 Å². The number of allylic oxidation sites excluding steroid dienone is 4. The van der Waals surface area contributed by atoms with Gasteiger partial charge in [-0.25, -0.2) is 0 Å². The first kappa shape index (κ1) is 13.3. The summed E-state index contributed by atoms with van der Waals surface area (Å²) in [5.74, 6) is 3.44. The molecule has 0 bridgehead atoms. The van der Waals surface area contributed by atoms with Crippen LogP contribution in [0.15, 0.2) is 23.8 Å². The van der Waals surface area contributed by atoms with Gasteiger partial charge in [0.25, 0.3) is 0 Å². The Kier molecular flexibility index (Phi) is 2.31. The quantitative estimate of drug-likeness (QED) is 0.683. The minimum absolute atomic E-state index is 0.0729. The van der Waals surface area contributed by atoms with Gasteiger partial charge in [-0.2, -0.15) is 0 Å². The molecule has 0 radical (unpaired) electrons. The highest BCUT2D eigenvalue weighted by atomic mass is 16.1. The van der Waals surface area contributed by atoms with E-state index in [1.807, 2.05) is 6.08 Å². The number of carbonyl (C=O) groups excluding carboxylic acids is 2. The van der Waals surface area contributed by atoms with Crippen molar-refractivity contribution >= 4 is 11.6 Å². The Labute approximate surface area is 132 Å². The van der Waals surface area contributed by atoms with Crippen molar-refractivity contribution < 1.29 is 9.59 Å². The molecule has 5 rings (SSSR count). The summed E-state index contributed by atoms with van der Waals surface area (Å²) >= 11 is 0. The maximum atomic E-state index is 12.4. The molecule has 0 aliphatic heterocycles. The summed E-state index contributed by atoms with van der Waals surface area (Å²) in [4.78, 5) is 24.5. The smallest absolute Gasteiger partial charge is 0.159 e. The summed E-state index contributed by atoms with van der Waals surface area (Å²) in [7, 11) is 0. The third-order valence-electron chi connectivity index (χ3n) is 8.16. The van der Waals surface area contributed by atoms with E-state index in [1.165, 1.54) is 5.57 Å². The van der Waals surface area contributed by atoms with Gasteiger partial charge >= 0.3 is 0 Å². The molecule has 0 aromatic carbocycles. The van der Waals surface area contributed by atoms with E-state index in [-0.39, 0.29) is 10.8 Å². The van der Waals surface area contributed by atoms with Gasteiger partial charge in [0.15, 0.2) is 5.78 Å². The molecule has 0 amide bonds. The van der Waals surface area contributed by atoms with Crippen LogP contribution in [0.5, 0.6) is 0 Å². The highest BCUT2D eigenvalue weighted by Crippen LogP contribution is 2.69. The molecule has 1 unspecified atom stereocenters. The van der Waals surface area contributed by atoms with Crippen LogP contribution in [0.4, 0.5) is 0 Å². The van der Waals surface area contributed by atoms with Gasteiger partial charge < -0.3 is 0 Å². The Hall–Kier alpha value is -1.18. The van der Waals surface area contributed by atoms with Gasteiger partial charge in [-0.1, -0.05) is 26.0 Å². The predicted octanol–water partition coefficient (Wildman–Crippen LogP) is 3.72. The molecule has 0 saturated heterocycles. The fraction of sp³-hybridized carbons (Fsp3) is 0.700. The summed E-state index contributed by atoms with van der Waals surface area (Å²) in [5, 5.41) is 0. The maximum absolute atomic E-state index is 12.4. The first-order valence-corrected chi connectivity index (χ1v) is 8.94. The lowest BCUT2D eigenvalue weighted by Crippen LogP contribution is -2.50. The summed E-state index contributed by atoms with van der Waals surface area (Å²) in [6.45, 7) is 4.63. The molecule has 5 aliphatic rings. The molecule has 22 heavy (non-hydrogen) atoms. The van der Waals surface area contributed by atoms with E-state index in [9.17, 15) is 9.59 Å². The Balaban J connectivity index is 1.61. The summed E-state index contributed by atoms with van der Waals surface area (Å²) in [5.41, 5.74) is 1.40. The fourth-order valence-electron chi connectivity index (χ4n) is 6.67. The molecule has 3 fully saturated rings. The van der Waals surface area contributed by atoms with Crippen LogP contribution >= 0.6 is 0 Å². The number of carbonyl (C=O) groups is 2. The Morgan fingerprint density at radius 1 is 1.09 bits per heavy atom. The number of fused-ring (bicyclic) bond motifs is 7. The molecular formula is C20H24O2. The van der Waals surface area contributed by atoms with Gasteiger partial charge in [0.1, 0.15) is 5.78 Å². The first-order chi connectivity index (χ1) is 10.5. The fourth-order valence-corrected chi connectivity index (χ4v) is 6.67. The lowest BCUT2D eigenvalue weighted by atomic mass is 9.49. The summed E-state index contributed by atoms with van der Waals surface area (Å²) < 4.78 is 0. The predicted molar refractivity (Wildman–Crippen MR) is 84.0 cm³/mol. The van der Waals surface area contributed by atoms with Gasteiger partial charge in [-0.15, -0.1) is 0 Å². The molecule has 0 N–H and O–H groups in total. The molecule has 2 heteroatoms. The van der Waals surface area contributed by atoms with Crippen molar-refractivity contribution in [1.29, 1.82) is 0 Å². The SMILES string of the molecule is C[C@]12CC[C@H]3[C@@H](C=CC4=CC(=O)[C@H]5CC5[C@@]43C)[C@@H]1CCC2=O. The van der Waals surface area contributed by atoms with Crippen LogP contribution in [0.1, 0.15) is 46.0 Å². The zero-order chi connectivity index (χ0) is 15.3. The average molecular weight is 296 g/mol. The topological polar surface area (TPSA) is 34.1 Å². The largest absolute Gasteiger partial charge is 0.299 e. The zero-order valence-electron chi connectivity index (χ0n) is 13.5. The number of Topliss-reactive ketones (excluding diaryl/α,β-unsaturated/α-hetero) is 1. The molecule has 5 aliphatic carbocycles. The molecule has 0 heterocycles. The second kappa shape index (κ2) is 3.83. The van der Waals surface area contributed by atoms with Crippen molar-refractivity contribution in [2.75, 3.05) is 0 Å². The second-order valence-corrected chi connectivity index (χ2v) is 8.80. The van der Waals surface area contributed by atoms with Crippen molar-refractivity contribution in [3.05, 3.63) is 23.8 Å². The lowest BCUT2D eigenvalue weighted by Gasteiger charge is -2.54. The molecule has 116 valence electrons. The molecule has 0 aromatic rings. The second-order valence-electron chi connectivity index (χ2n) is 8.80. The van der Waals surface area contributed by atoms with E-state index in [1.54, 1.807) is 0 Å². The Morgan fingerprint density at radius 2 is 1.91 bits per heavy atom. The Morgan fingerprint density at radius 3 is 2.73 bits per heavy atom. The first-order valence-electron chi connectivity index (χ1n) is 8.94. The number of hydrogen-bond acceptors (Lipinski definition) is 2. The van der Waals surface area contributed by atoms with Crippen molar-refractivity contribution in [3.63, 3.8) is 0 Å². The normalized spacial score (nSPS) is 55.0. The summed E-state index contributed by atoms with van der Waals surface area (Å²) in [6.07, 6.45) is 11.7. The monoisotopic (exact) mass is 296 g/mol. The third-order valence-corrected chi connectivity index (χ3v) is 8.16. The van der Waals surface area contributed by atoms with Crippen LogP contribution in [-0.2, 0) is 9.59 Å². The minimum atomic E-state index is -0.0729. The average Bonchev–Trinajstić information content (AvgIpc) is 3.24. The van der Waals surface area contributed by atoms with E-state index < -0.39 is 0 Å². The van der Waals surface area contributed by atoms with Gasteiger partial charge in [0, 0.05) is 17.8 Å². The van der Waals surface area contributed by atoms with E-state index in [0.717, 1.165) is 32.1 Å². The van der Waals surface area contributed by atoms with Crippen molar-refractivity contribution in [2.45, 2.75) is 46.0 Å². The van der Waals surface area contributed by atoms with Crippen LogP contribution in [0.2, 0.25) is 0 Å². The van der Waals surface area contributed by atoms with Gasteiger partial charge in [0.05, 0.1) is 0 Å². The number of ketones is 2. The van der Waals surface area contributed by atoms with Crippen LogP contribution in [-0.4, -0.2) is 11.6 Å². The van der Waals surface area contributed by atoms with Crippen LogP contribution < -0.4 is 0 Å². The lowest BCUT2D eigenvalue weighted by molar-refractivity contribution is -0.130. The third kappa shape index (κ3) is 1.34. The van der Waals surface area contributed by atoms with E-state index in [0.29, 0.717) is 41.2 Å². The molecule has 2 nitrogen and oxygen atoms in total.